The topological polar surface area (TPSA) is 33.2 Å². The molecule has 0 atom stereocenters. The minimum atomic E-state index is 0.00468. The Kier molecular flexibility index (Phi) is 3.39. The van der Waals surface area contributed by atoms with E-state index in [4.69, 9.17) is 0 Å². The number of halogens is 1. The van der Waals surface area contributed by atoms with Gasteiger partial charge in [0, 0.05) is 13.1 Å². The number of rotatable bonds is 1. The standard InChI is InChI=1S/C12H13BrN2O/c1-9-5-7-15(8-6-9)12(16)10-3-2-4-11(13)14-10/h2-5H,6-8H2,1H3. The van der Waals surface area contributed by atoms with E-state index in [0.717, 1.165) is 13.0 Å². The van der Waals surface area contributed by atoms with Crippen molar-refractivity contribution in [2.75, 3.05) is 13.1 Å². The fraction of sp³-hybridized carbons (Fsp3) is 0.333. The quantitative estimate of drug-likeness (QED) is 0.585. The lowest BCUT2D eigenvalue weighted by atomic mass is 10.1. The molecule has 0 saturated heterocycles. The smallest absolute Gasteiger partial charge is 0.272 e. The van der Waals surface area contributed by atoms with Crippen LogP contribution in [0.15, 0.2) is 34.5 Å². The largest absolute Gasteiger partial charge is 0.333 e. The Morgan fingerprint density at radius 3 is 2.94 bits per heavy atom. The van der Waals surface area contributed by atoms with Gasteiger partial charge in [0.05, 0.1) is 0 Å². The molecule has 0 unspecified atom stereocenters. The molecule has 4 heteroatoms. The van der Waals surface area contributed by atoms with Gasteiger partial charge in [0.15, 0.2) is 0 Å². The van der Waals surface area contributed by atoms with Crippen molar-refractivity contribution in [2.24, 2.45) is 0 Å². The molecule has 84 valence electrons. The maximum atomic E-state index is 12.1. The highest BCUT2D eigenvalue weighted by Crippen LogP contribution is 2.13. The number of nitrogens with zero attached hydrogens (tertiary/aromatic N) is 2. The molecule has 1 aliphatic heterocycles. The molecule has 0 saturated carbocycles. The van der Waals surface area contributed by atoms with Crippen molar-refractivity contribution in [3.8, 4) is 0 Å². The fourth-order valence-corrected chi connectivity index (χ4v) is 1.99. The zero-order chi connectivity index (χ0) is 11.5. The van der Waals surface area contributed by atoms with Gasteiger partial charge in [0.2, 0.25) is 0 Å². The third-order valence-corrected chi connectivity index (χ3v) is 3.10. The van der Waals surface area contributed by atoms with Gasteiger partial charge in [0.1, 0.15) is 10.3 Å². The van der Waals surface area contributed by atoms with E-state index in [1.165, 1.54) is 5.57 Å². The van der Waals surface area contributed by atoms with Crippen molar-refractivity contribution < 1.29 is 4.79 Å². The van der Waals surface area contributed by atoms with Crippen LogP contribution in [-0.2, 0) is 0 Å². The molecule has 1 aromatic rings. The second-order valence-corrected chi connectivity index (χ2v) is 4.71. The van der Waals surface area contributed by atoms with Gasteiger partial charge in [-0.3, -0.25) is 4.79 Å². The lowest BCUT2D eigenvalue weighted by Gasteiger charge is -2.25. The zero-order valence-electron chi connectivity index (χ0n) is 9.11. The number of hydrogen-bond acceptors (Lipinski definition) is 2. The molecule has 0 aliphatic carbocycles. The molecule has 3 nitrogen and oxygen atoms in total. The van der Waals surface area contributed by atoms with Crippen LogP contribution in [0.2, 0.25) is 0 Å². The molecule has 1 aromatic heterocycles. The van der Waals surface area contributed by atoms with Crippen LogP contribution < -0.4 is 0 Å². The third-order valence-electron chi connectivity index (χ3n) is 2.66. The van der Waals surface area contributed by atoms with Crippen LogP contribution in [0.1, 0.15) is 23.8 Å². The number of hydrogen-bond donors (Lipinski definition) is 0. The van der Waals surface area contributed by atoms with Gasteiger partial charge in [-0.25, -0.2) is 4.98 Å². The van der Waals surface area contributed by atoms with Gasteiger partial charge < -0.3 is 4.90 Å². The molecule has 2 rings (SSSR count). The van der Waals surface area contributed by atoms with E-state index in [1.807, 2.05) is 17.0 Å². The van der Waals surface area contributed by atoms with E-state index >= 15 is 0 Å². The molecule has 0 aromatic carbocycles. The Morgan fingerprint density at radius 2 is 2.31 bits per heavy atom. The number of pyridine rings is 1. The van der Waals surface area contributed by atoms with Crippen molar-refractivity contribution in [1.29, 1.82) is 0 Å². The number of carbonyl (C=O) groups is 1. The minimum Gasteiger partial charge on any atom is -0.333 e. The molecule has 1 aliphatic rings. The molecule has 0 spiro atoms. The average Bonchev–Trinajstić information content (AvgIpc) is 2.29. The molecule has 2 heterocycles. The molecule has 0 fully saturated rings. The second kappa shape index (κ2) is 4.78. The highest BCUT2D eigenvalue weighted by atomic mass is 79.9. The van der Waals surface area contributed by atoms with Crippen molar-refractivity contribution >= 4 is 21.8 Å². The van der Waals surface area contributed by atoms with E-state index in [-0.39, 0.29) is 5.91 Å². The lowest BCUT2D eigenvalue weighted by Crippen LogP contribution is -2.35. The first-order chi connectivity index (χ1) is 7.66. The normalized spacial score (nSPS) is 15.9. The van der Waals surface area contributed by atoms with Crippen LogP contribution >= 0.6 is 15.9 Å². The van der Waals surface area contributed by atoms with Crippen LogP contribution in [-0.4, -0.2) is 28.9 Å². The highest BCUT2D eigenvalue weighted by molar-refractivity contribution is 9.10. The Labute approximate surface area is 103 Å². The van der Waals surface area contributed by atoms with Gasteiger partial charge in [-0.15, -0.1) is 0 Å². The van der Waals surface area contributed by atoms with Gasteiger partial charge in [-0.1, -0.05) is 17.7 Å². The number of aromatic nitrogens is 1. The zero-order valence-corrected chi connectivity index (χ0v) is 10.7. The summed E-state index contributed by atoms with van der Waals surface area (Å²) in [5.74, 6) is 0.00468. The Morgan fingerprint density at radius 1 is 1.50 bits per heavy atom. The van der Waals surface area contributed by atoms with Gasteiger partial charge >= 0.3 is 0 Å². The van der Waals surface area contributed by atoms with Gasteiger partial charge in [-0.2, -0.15) is 0 Å². The summed E-state index contributed by atoms with van der Waals surface area (Å²) in [7, 11) is 0. The van der Waals surface area contributed by atoms with E-state index in [2.05, 4.69) is 33.9 Å². The SMILES string of the molecule is CC1=CCN(C(=O)c2cccc(Br)n2)CC1. The van der Waals surface area contributed by atoms with E-state index in [1.54, 1.807) is 6.07 Å². The summed E-state index contributed by atoms with van der Waals surface area (Å²) < 4.78 is 0.696. The summed E-state index contributed by atoms with van der Waals surface area (Å²) in [5.41, 5.74) is 1.86. The summed E-state index contributed by atoms with van der Waals surface area (Å²) >= 11 is 3.27. The van der Waals surface area contributed by atoms with Crippen molar-refractivity contribution in [2.45, 2.75) is 13.3 Å². The molecule has 0 bridgehead atoms. The van der Waals surface area contributed by atoms with Crippen LogP contribution in [0.25, 0.3) is 0 Å². The Balaban J connectivity index is 2.14. The van der Waals surface area contributed by atoms with Gasteiger partial charge in [0.25, 0.3) is 5.91 Å². The summed E-state index contributed by atoms with van der Waals surface area (Å²) in [6.45, 7) is 3.58. The summed E-state index contributed by atoms with van der Waals surface area (Å²) in [4.78, 5) is 18.1. The molecule has 1 amide bonds. The summed E-state index contributed by atoms with van der Waals surface area (Å²) in [6, 6.07) is 5.39. The monoisotopic (exact) mass is 280 g/mol. The average molecular weight is 281 g/mol. The molecular weight excluding hydrogens is 268 g/mol. The molecule has 0 N–H and O–H groups in total. The Hall–Kier alpha value is -1.16. The van der Waals surface area contributed by atoms with Crippen molar-refractivity contribution in [1.82, 2.24) is 9.88 Å². The first-order valence-electron chi connectivity index (χ1n) is 5.24. The van der Waals surface area contributed by atoms with Crippen molar-refractivity contribution in [3.63, 3.8) is 0 Å². The third kappa shape index (κ3) is 2.50. The molecule has 0 radical (unpaired) electrons. The predicted molar refractivity (Wildman–Crippen MR) is 66.2 cm³/mol. The summed E-state index contributed by atoms with van der Waals surface area (Å²) in [5, 5.41) is 0. The second-order valence-electron chi connectivity index (χ2n) is 3.90. The number of amides is 1. The van der Waals surface area contributed by atoms with Crippen LogP contribution in [0.5, 0.6) is 0 Å². The molecular formula is C12H13BrN2O. The van der Waals surface area contributed by atoms with E-state index < -0.39 is 0 Å². The fourth-order valence-electron chi connectivity index (χ4n) is 1.64. The highest BCUT2D eigenvalue weighted by Gasteiger charge is 2.18. The Bertz CT molecular complexity index is 442. The van der Waals surface area contributed by atoms with E-state index in [9.17, 15) is 4.79 Å². The van der Waals surface area contributed by atoms with E-state index in [0.29, 0.717) is 16.8 Å². The lowest BCUT2D eigenvalue weighted by molar-refractivity contribution is 0.0763. The first kappa shape index (κ1) is 11.3. The first-order valence-corrected chi connectivity index (χ1v) is 6.03. The maximum absolute atomic E-state index is 12.1. The predicted octanol–water partition coefficient (Wildman–Crippen LogP) is 2.64. The van der Waals surface area contributed by atoms with Crippen LogP contribution in [0.4, 0.5) is 0 Å². The van der Waals surface area contributed by atoms with Crippen LogP contribution in [0, 0.1) is 0 Å². The van der Waals surface area contributed by atoms with Gasteiger partial charge in [-0.05, 0) is 41.4 Å². The van der Waals surface area contributed by atoms with Crippen molar-refractivity contribution in [3.05, 3.63) is 40.1 Å². The number of carbonyl (C=O) groups excluding carboxylic acids is 1. The maximum Gasteiger partial charge on any atom is 0.272 e. The minimum absolute atomic E-state index is 0.00468. The molecule has 16 heavy (non-hydrogen) atoms. The summed E-state index contributed by atoms with van der Waals surface area (Å²) in [6.07, 6.45) is 3.05. The van der Waals surface area contributed by atoms with Crippen LogP contribution in [0.3, 0.4) is 0 Å².